The highest BCUT2D eigenvalue weighted by Crippen LogP contribution is 2.22. The molecule has 5 heteroatoms. The first-order valence-electron chi connectivity index (χ1n) is 9.91. The first-order chi connectivity index (χ1) is 14.3. The van der Waals surface area contributed by atoms with Crippen molar-refractivity contribution in [2.45, 2.75) is 6.61 Å². The number of amides is 1. The van der Waals surface area contributed by atoms with Gasteiger partial charge in [-0.15, -0.1) is 0 Å². The third kappa shape index (κ3) is 5.08. The van der Waals surface area contributed by atoms with Crippen molar-refractivity contribution < 1.29 is 9.53 Å². The van der Waals surface area contributed by atoms with Crippen molar-refractivity contribution in [1.29, 1.82) is 0 Å². The molecule has 3 aromatic carbocycles. The van der Waals surface area contributed by atoms with Crippen LogP contribution in [0.25, 0.3) is 0 Å². The first kappa shape index (κ1) is 18.9. The monoisotopic (exact) mass is 387 g/mol. The minimum atomic E-state index is -0.446. The van der Waals surface area contributed by atoms with Gasteiger partial charge in [0.2, 0.25) is 0 Å². The van der Waals surface area contributed by atoms with Gasteiger partial charge in [-0.1, -0.05) is 48.5 Å². The second-order valence-corrected chi connectivity index (χ2v) is 7.04. The van der Waals surface area contributed by atoms with Gasteiger partial charge >= 0.3 is 6.09 Å². The molecule has 0 aromatic heterocycles. The van der Waals surface area contributed by atoms with Crippen LogP contribution in [0.15, 0.2) is 84.9 Å². The van der Waals surface area contributed by atoms with Crippen molar-refractivity contribution in [2.24, 2.45) is 0 Å². The molecule has 4 rings (SSSR count). The Hall–Kier alpha value is -3.47. The van der Waals surface area contributed by atoms with Crippen molar-refractivity contribution in [1.82, 2.24) is 0 Å². The lowest BCUT2D eigenvalue weighted by Gasteiger charge is -2.37. The van der Waals surface area contributed by atoms with Crippen LogP contribution in [0.4, 0.5) is 21.9 Å². The standard InChI is InChI=1S/C24H25N3O2/c28-24(29-19-20-7-3-1-4-8-20)25-21-11-13-23(14-12-21)27-17-15-26(16-18-27)22-9-5-2-6-10-22/h1-14H,15-19H2,(H,25,28). The lowest BCUT2D eigenvalue weighted by Crippen LogP contribution is -2.46. The summed E-state index contributed by atoms with van der Waals surface area (Å²) in [6, 6.07) is 28.1. The van der Waals surface area contributed by atoms with E-state index in [9.17, 15) is 4.79 Å². The van der Waals surface area contributed by atoms with Gasteiger partial charge in [-0.3, -0.25) is 5.32 Å². The Bertz CT molecular complexity index is 906. The molecule has 148 valence electrons. The minimum Gasteiger partial charge on any atom is -0.444 e. The van der Waals surface area contributed by atoms with E-state index in [1.807, 2.05) is 60.7 Å². The van der Waals surface area contributed by atoms with E-state index in [1.165, 1.54) is 11.4 Å². The summed E-state index contributed by atoms with van der Waals surface area (Å²) in [5.41, 5.74) is 4.14. The maximum absolute atomic E-state index is 12.0. The molecule has 29 heavy (non-hydrogen) atoms. The summed E-state index contributed by atoms with van der Waals surface area (Å²) in [6.45, 7) is 4.20. The summed E-state index contributed by atoms with van der Waals surface area (Å²) in [4.78, 5) is 16.8. The summed E-state index contributed by atoms with van der Waals surface area (Å²) in [5, 5.41) is 2.78. The SMILES string of the molecule is O=C(Nc1ccc(N2CCN(c3ccccc3)CC2)cc1)OCc1ccccc1. The number of benzene rings is 3. The number of carbonyl (C=O) groups excluding carboxylic acids is 1. The number of anilines is 3. The molecule has 0 aliphatic carbocycles. The third-order valence-corrected chi connectivity index (χ3v) is 5.09. The number of hydrogen-bond donors (Lipinski definition) is 1. The van der Waals surface area contributed by atoms with Gasteiger partial charge in [0.05, 0.1) is 0 Å². The highest BCUT2D eigenvalue weighted by atomic mass is 16.5. The van der Waals surface area contributed by atoms with Crippen molar-refractivity contribution in [2.75, 3.05) is 41.3 Å². The van der Waals surface area contributed by atoms with Gasteiger partial charge in [0, 0.05) is 43.2 Å². The zero-order valence-electron chi connectivity index (χ0n) is 16.3. The number of rotatable bonds is 5. The molecule has 5 nitrogen and oxygen atoms in total. The normalized spacial score (nSPS) is 13.8. The van der Waals surface area contributed by atoms with Gasteiger partial charge in [0.25, 0.3) is 0 Å². The zero-order chi connectivity index (χ0) is 19.9. The number of nitrogens with zero attached hydrogens (tertiary/aromatic N) is 2. The predicted molar refractivity (Wildman–Crippen MR) is 118 cm³/mol. The third-order valence-electron chi connectivity index (χ3n) is 5.09. The fourth-order valence-corrected chi connectivity index (χ4v) is 3.49. The summed E-state index contributed by atoms with van der Waals surface area (Å²) in [5.74, 6) is 0. The van der Waals surface area contributed by atoms with E-state index >= 15 is 0 Å². The minimum absolute atomic E-state index is 0.260. The average Bonchev–Trinajstić information content (AvgIpc) is 2.80. The molecule has 1 aliphatic heterocycles. The van der Waals surface area contributed by atoms with Crippen LogP contribution in [0.1, 0.15) is 5.56 Å². The van der Waals surface area contributed by atoms with Crippen LogP contribution < -0.4 is 15.1 Å². The molecule has 0 saturated carbocycles. The van der Waals surface area contributed by atoms with E-state index in [0.717, 1.165) is 37.4 Å². The molecule has 0 unspecified atom stereocenters. The van der Waals surface area contributed by atoms with Crippen LogP contribution >= 0.6 is 0 Å². The summed E-state index contributed by atoms with van der Waals surface area (Å²) in [7, 11) is 0. The van der Waals surface area contributed by atoms with Crippen LogP contribution in [-0.4, -0.2) is 32.3 Å². The Balaban J connectivity index is 1.26. The van der Waals surface area contributed by atoms with Crippen molar-refractivity contribution in [3.63, 3.8) is 0 Å². The fourth-order valence-electron chi connectivity index (χ4n) is 3.49. The largest absolute Gasteiger partial charge is 0.444 e. The number of piperazine rings is 1. The molecule has 1 heterocycles. The number of para-hydroxylation sites is 1. The molecule has 1 saturated heterocycles. The molecule has 1 N–H and O–H groups in total. The summed E-state index contributed by atoms with van der Waals surface area (Å²) >= 11 is 0. The lowest BCUT2D eigenvalue weighted by molar-refractivity contribution is 0.155. The molecule has 1 fully saturated rings. The van der Waals surface area contributed by atoms with E-state index in [-0.39, 0.29) is 6.61 Å². The molecule has 0 radical (unpaired) electrons. The van der Waals surface area contributed by atoms with Crippen LogP contribution in [0.3, 0.4) is 0 Å². The average molecular weight is 387 g/mol. The Kier molecular flexibility index (Phi) is 5.95. The number of ether oxygens (including phenoxy) is 1. The molecule has 3 aromatic rings. The van der Waals surface area contributed by atoms with Crippen LogP contribution in [-0.2, 0) is 11.3 Å². The fraction of sp³-hybridized carbons (Fsp3) is 0.208. The predicted octanol–water partition coefficient (Wildman–Crippen LogP) is 4.76. The molecule has 0 bridgehead atoms. The van der Waals surface area contributed by atoms with Gasteiger partial charge in [-0.05, 0) is 42.0 Å². The van der Waals surface area contributed by atoms with Gasteiger partial charge in [-0.25, -0.2) is 4.79 Å². The van der Waals surface area contributed by atoms with Gasteiger partial charge < -0.3 is 14.5 Å². The topological polar surface area (TPSA) is 44.8 Å². The van der Waals surface area contributed by atoms with Gasteiger partial charge in [-0.2, -0.15) is 0 Å². The molecule has 1 amide bonds. The number of carbonyl (C=O) groups is 1. The van der Waals surface area contributed by atoms with E-state index in [2.05, 4.69) is 39.4 Å². The van der Waals surface area contributed by atoms with E-state index in [1.54, 1.807) is 0 Å². The van der Waals surface area contributed by atoms with Crippen molar-refractivity contribution in [3.05, 3.63) is 90.5 Å². The maximum atomic E-state index is 12.0. The highest BCUT2D eigenvalue weighted by molar-refractivity contribution is 5.84. The smallest absolute Gasteiger partial charge is 0.411 e. The van der Waals surface area contributed by atoms with Crippen LogP contribution in [0.5, 0.6) is 0 Å². The second-order valence-electron chi connectivity index (χ2n) is 7.04. The summed E-state index contributed by atoms with van der Waals surface area (Å²) < 4.78 is 5.27. The van der Waals surface area contributed by atoms with Crippen LogP contribution in [0, 0.1) is 0 Å². The first-order valence-corrected chi connectivity index (χ1v) is 9.91. The molecular weight excluding hydrogens is 362 g/mol. The van der Waals surface area contributed by atoms with Gasteiger partial charge in [0.1, 0.15) is 6.61 Å². The van der Waals surface area contributed by atoms with Crippen LogP contribution in [0.2, 0.25) is 0 Å². The Morgan fingerprint density at radius 3 is 1.83 bits per heavy atom. The number of hydrogen-bond acceptors (Lipinski definition) is 4. The Morgan fingerprint density at radius 2 is 1.24 bits per heavy atom. The van der Waals surface area contributed by atoms with Crippen molar-refractivity contribution >= 4 is 23.2 Å². The molecule has 1 aliphatic rings. The second kappa shape index (κ2) is 9.15. The van der Waals surface area contributed by atoms with Crippen molar-refractivity contribution in [3.8, 4) is 0 Å². The van der Waals surface area contributed by atoms with E-state index in [0.29, 0.717) is 0 Å². The quantitative estimate of drug-likeness (QED) is 0.685. The molecule has 0 atom stereocenters. The maximum Gasteiger partial charge on any atom is 0.411 e. The zero-order valence-corrected chi connectivity index (χ0v) is 16.3. The lowest BCUT2D eigenvalue weighted by atomic mass is 10.2. The highest BCUT2D eigenvalue weighted by Gasteiger charge is 2.17. The summed E-state index contributed by atoms with van der Waals surface area (Å²) in [6.07, 6.45) is -0.446. The van der Waals surface area contributed by atoms with E-state index < -0.39 is 6.09 Å². The van der Waals surface area contributed by atoms with E-state index in [4.69, 9.17) is 4.74 Å². The number of nitrogens with one attached hydrogen (secondary N) is 1. The Morgan fingerprint density at radius 1 is 0.724 bits per heavy atom. The molecular formula is C24H25N3O2. The van der Waals surface area contributed by atoms with Gasteiger partial charge in [0.15, 0.2) is 0 Å². The Labute approximate surface area is 171 Å². The molecule has 0 spiro atoms.